The third kappa shape index (κ3) is 4.59. The molecule has 0 aromatic heterocycles. The lowest BCUT2D eigenvalue weighted by molar-refractivity contribution is -0.127. The number of benzene rings is 1. The summed E-state index contributed by atoms with van der Waals surface area (Å²) >= 11 is 0. The van der Waals surface area contributed by atoms with Crippen LogP contribution in [0.1, 0.15) is 46.1 Å². The van der Waals surface area contributed by atoms with Gasteiger partial charge in [0.1, 0.15) is 17.3 Å². The Hall–Kier alpha value is -2.96. The number of hydrogen-bond donors (Lipinski definition) is 1. The molecule has 1 N–H and O–H groups in total. The van der Waals surface area contributed by atoms with Gasteiger partial charge in [0.05, 0.1) is 5.57 Å². The predicted molar refractivity (Wildman–Crippen MR) is 125 cm³/mol. The Balaban J connectivity index is 2.02. The molecule has 0 bridgehead atoms. The molecule has 5 nitrogen and oxygen atoms in total. The fourth-order valence-electron chi connectivity index (χ4n) is 4.51. The van der Waals surface area contributed by atoms with Crippen LogP contribution in [0.3, 0.4) is 0 Å². The van der Waals surface area contributed by atoms with Crippen LogP contribution in [0.15, 0.2) is 52.9 Å². The molecule has 178 valence electrons. The van der Waals surface area contributed by atoms with Crippen molar-refractivity contribution in [2.45, 2.75) is 47.1 Å². The van der Waals surface area contributed by atoms with Gasteiger partial charge in [-0.25, -0.2) is 8.78 Å². The molecule has 2 aliphatic heterocycles. The largest absolute Gasteiger partial charge is 0.348 e. The number of carbonyl (C=O) groups excluding carboxylic acids is 2. The standard InChI is InChI=1S/C26H33F2N3O2/c1-7-15(3)21-17(5)22(25(32)29-14-18-9-10-19(27)13-20(18)28)23-16(4)11-12-31(23)24(21)26(33)30(6)8-2/h9-10,13,15-16H,5,7-8,11-12,14H2,1-4,6H3,(H,29,32). The van der Waals surface area contributed by atoms with Gasteiger partial charge in [-0.3, -0.25) is 9.59 Å². The highest BCUT2D eigenvalue weighted by molar-refractivity contribution is 6.04. The van der Waals surface area contributed by atoms with Crippen LogP contribution in [-0.4, -0.2) is 41.8 Å². The molecule has 2 aliphatic rings. The zero-order valence-corrected chi connectivity index (χ0v) is 20.1. The normalized spacial score (nSPS) is 19.1. The van der Waals surface area contributed by atoms with Crippen molar-refractivity contribution in [2.24, 2.45) is 11.8 Å². The van der Waals surface area contributed by atoms with Gasteiger partial charge >= 0.3 is 0 Å². The Morgan fingerprint density at radius 2 is 2.00 bits per heavy atom. The third-order valence-corrected chi connectivity index (χ3v) is 6.76. The maximum atomic E-state index is 14.1. The zero-order chi connectivity index (χ0) is 24.4. The Kier molecular flexibility index (Phi) is 7.40. The molecule has 2 heterocycles. The average molecular weight is 458 g/mol. The van der Waals surface area contributed by atoms with Crippen LogP contribution in [0, 0.1) is 23.5 Å². The van der Waals surface area contributed by atoms with E-state index in [1.165, 1.54) is 12.1 Å². The summed E-state index contributed by atoms with van der Waals surface area (Å²) in [6.45, 7) is 13.4. The quantitative estimate of drug-likeness (QED) is 0.655. The first-order valence-electron chi connectivity index (χ1n) is 11.5. The maximum absolute atomic E-state index is 14.1. The highest BCUT2D eigenvalue weighted by Crippen LogP contribution is 2.45. The molecule has 0 spiro atoms. The predicted octanol–water partition coefficient (Wildman–Crippen LogP) is 4.53. The molecule has 33 heavy (non-hydrogen) atoms. The van der Waals surface area contributed by atoms with Crippen molar-refractivity contribution in [3.63, 3.8) is 0 Å². The first kappa shape index (κ1) is 24.7. The number of likely N-dealkylation sites (N-methyl/N-ethyl adjacent to an activating group) is 1. The highest BCUT2D eigenvalue weighted by atomic mass is 19.1. The van der Waals surface area contributed by atoms with Gasteiger partial charge in [0, 0.05) is 44.0 Å². The van der Waals surface area contributed by atoms with Crippen molar-refractivity contribution in [1.82, 2.24) is 15.1 Å². The van der Waals surface area contributed by atoms with E-state index in [9.17, 15) is 18.4 Å². The van der Waals surface area contributed by atoms with Crippen molar-refractivity contribution in [3.8, 4) is 0 Å². The summed E-state index contributed by atoms with van der Waals surface area (Å²) in [6.07, 6.45) is 1.60. The van der Waals surface area contributed by atoms with Gasteiger partial charge < -0.3 is 15.1 Å². The van der Waals surface area contributed by atoms with Gasteiger partial charge in [-0.05, 0) is 48.8 Å². The van der Waals surface area contributed by atoms with E-state index in [-0.39, 0.29) is 35.8 Å². The number of nitrogens with zero attached hydrogens (tertiary/aromatic N) is 2. The molecular formula is C26H33F2N3O2. The Bertz CT molecular complexity index is 1040. The number of nitrogens with one attached hydrogen (secondary N) is 1. The van der Waals surface area contributed by atoms with Gasteiger partial charge in [0.15, 0.2) is 0 Å². The zero-order valence-electron chi connectivity index (χ0n) is 20.1. The molecule has 7 heteroatoms. The molecule has 1 fully saturated rings. The average Bonchev–Trinajstić information content (AvgIpc) is 3.16. The van der Waals surface area contributed by atoms with Crippen molar-refractivity contribution < 1.29 is 18.4 Å². The second-order valence-corrected chi connectivity index (χ2v) is 8.89. The van der Waals surface area contributed by atoms with Crippen molar-refractivity contribution in [1.29, 1.82) is 0 Å². The second-order valence-electron chi connectivity index (χ2n) is 8.89. The lowest BCUT2D eigenvalue weighted by Gasteiger charge is -2.37. The van der Waals surface area contributed by atoms with E-state index in [4.69, 9.17) is 0 Å². The van der Waals surface area contributed by atoms with E-state index < -0.39 is 11.6 Å². The fraction of sp³-hybridized carbons (Fsp3) is 0.462. The molecule has 2 amide bonds. The summed E-state index contributed by atoms with van der Waals surface area (Å²) in [5.74, 6) is -1.72. The maximum Gasteiger partial charge on any atom is 0.270 e. The molecular weight excluding hydrogens is 424 g/mol. The molecule has 1 aromatic carbocycles. The molecule has 0 saturated carbocycles. The number of allylic oxidation sites excluding steroid dienone is 2. The molecule has 2 unspecified atom stereocenters. The summed E-state index contributed by atoms with van der Waals surface area (Å²) in [4.78, 5) is 30.5. The third-order valence-electron chi connectivity index (χ3n) is 6.76. The van der Waals surface area contributed by atoms with Crippen molar-refractivity contribution in [3.05, 3.63) is 70.1 Å². The molecule has 2 atom stereocenters. The number of amides is 2. The summed E-state index contributed by atoms with van der Waals surface area (Å²) in [5.41, 5.74) is 3.39. The molecule has 1 aromatic rings. The molecule has 0 aliphatic carbocycles. The number of carbonyl (C=O) groups is 2. The second kappa shape index (κ2) is 9.89. The van der Waals surface area contributed by atoms with E-state index >= 15 is 0 Å². The fourth-order valence-corrected chi connectivity index (χ4v) is 4.51. The molecule has 0 radical (unpaired) electrons. The van der Waals surface area contributed by atoms with Gasteiger partial charge in [0.25, 0.3) is 11.8 Å². The molecule has 1 saturated heterocycles. The van der Waals surface area contributed by atoms with Crippen LogP contribution in [0.25, 0.3) is 0 Å². The minimum absolute atomic E-state index is 0.0245. The van der Waals surface area contributed by atoms with E-state index in [1.807, 2.05) is 32.6 Å². The highest BCUT2D eigenvalue weighted by Gasteiger charge is 2.42. The number of rotatable bonds is 7. The van der Waals surface area contributed by atoms with Crippen LogP contribution in [-0.2, 0) is 16.1 Å². The van der Waals surface area contributed by atoms with Gasteiger partial charge in [-0.2, -0.15) is 0 Å². The minimum Gasteiger partial charge on any atom is -0.348 e. The van der Waals surface area contributed by atoms with Gasteiger partial charge in [-0.15, -0.1) is 0 Å². The van der Waals surface area contributed by atoms with E-state index in [1.54, 1.807) is 11.9 Å². The summed E-state index contributed by atoms with van der Waals surface area (Å²) in [7, 11) is 1.77. The Morgan fingerprint density at radius 1 is 1.30 bits per heavy atom. The molecule has 3 rings (SSSR count). The SMILES string of the molecule is C=C1C(C(=O)NCc2ccc(F)cc2F)=C2C(C)CCN2C(C(=O)N(C)CC)=C1C(C)CC. The summed E-state index contributed by atoms with van der Waals surface area (Å²) in [5, 5.41) is 2.78. The number of fused-ring (bicyclic) bond motifs is 1. The number of halogens is 2. The first-order chi connectivity index (χ1) is 15.6. The van der Waals surface area contributed by atoms with Gasteiger partial charge in [-0.1, -0.05) is 33.4 Å². The minimum atomic E-state index is -0.707. The van der Waals surface area contributed by atoms with E-state index in [0.717, 1.165) is 30.2 Å². The van der Waals surface area contributed by atoms with Gasteiger partial charge in [0.2, 0.25) is 0 Å². The van der Waals surface area contributed by atoms with Crippen LogP contribution in [0.4, 0.5) is 8.78 Å². The van der Waals surface area contributed by atoms with Crippen LogP contribution >= 0.6 is 0 Å². The number of hydrogen-bond acceptors (Lipinski definition) is 3. The van der Waals surface area contributed by atoms with Crippen LogP contribution in [0.5, 0.6) is 0 Å². The van der Waals surface area contributed by atoms with E-state index in [0.29, 0.717) is 29.9 Å². The topological polar surface area (TPSA) is 52.7 Å². The first-order valence-corrected chi connectivity index (χ1v) is 11.5. The Morgan fingerprint density at radius 3 is 2.61 bits per heavy atom. The van der Waals surface area contributed by atoms with Crippen LogP contribution in [0.2, 0.25) is 0 Å². The van der Waals surface area contributed by atoms with Crippen molar-refractivity contribution in [2.75, 3.05) is 20.1 Å². The summed E-state index contributed by atoms with van der Waals surface area (Å²) < 4.78 is 27.3. The Labute approximate surface area is 194 Å². The summed E-state index contributed by atoms with van der Waals surface area (Å²) in [6, 6.07) is 3.29. The lowest BCUT2D eigenvalue weighted by atomic mass is 9.81. The van der Waals surface area contributed by atoms with Crippen molar-refractivity contribution >= 4 is 11.8 Å². The van der Waals surface area contributed by atoms with Crippen LogP contribution < -0.4 is 5.32 Å². The lowest BCUT2D eigenvalue weighted by Crippen LogP contribution is -2.41. The smallest absolute Gasteiger partial charge is 0.270 e. The van der Waals surface area contributed by atoms with E-state index in [2.05, 4.69) is 11.9 Å². The monoisotopic (exact) mass is 457 g/mol.